The number of aryl methyl sites for hydroxylation is 2. The predicted molar refractivity (Wildman–Crippen MR) is 105 cm³/mol. The quantitative estimate of drug-likeness (QED) is 0.850. The average Bonchev–Trinajstić information content (AvgIpc) is 2.68. The molecule has 2 aromatic rings. The molecule has 0 spiro atoms. The summed E-state index contributed by atoms with van der Waals surface area (Å²) in [6.45, 7) is 5.91. The molecule has 0 saturated carbocycles. The third-order valence-electron chi connectivity index (χ3n) is 5.27. The zero-order chi connectivity index (χ0) is 19.4. The van der Waals surface area contributed by atoms with Crippen LogP contribution in [0.15, 0.2) is 36.5 Å². The number of nitrogens with zero attached hydrogens (tertiary/aromatic N) is 2. The standard InChI is InChI=1S/C21H26N4O2/c1-14-5-6-17(12-15(14)2)21(27)24-13-18-4-3-9-23-20(18)25-10-7-16(8-11-25)19(22)26/h3-6,9,12,16H,7-8,10-11,13H2,1-2H3,(H2,22,26)(H,24,27). The minimum atomic E-state index is -0.225. The summed E-state index contributed by atoms with van der Waals surface area (Å²) in [5.74, 6) is 0.482. The molecule has 3 rings (SSSR count). The lowest BCUT2D eigenvalue weighted by atomic mass is 9.96. The Bertz CT molecular complexity index is 842. The summed E-state index contributed by atoms with van der Waals surface area (Å²) >= 11 is 0. The van der Waals surface area contributed by atoms with Gasteiger partial charge in [0.15, 0.2) is 0 Å². The van der Waals surface area contributed by atoms with Crippen molar-refractivity contribution in [1.82, 2.24) is 10.3 Å². The summed E-state index contributed by atoms with van der Waals surface area (Å²) in [5, 5.41) is 2.99. The minimum absolute atomic E-state index is 0.0575. The summed E-state index contributed by atoms with van der Waals surface area (Å²) < 4.78 is 0. The van der Waals surface area contributed by atoms with E-state index in [9.17, 15) is 9.59 Å². The van der Waals surface area contributed by atoms with E-state index in [4.69, 9.17) is 5.73 Å². The molecule has 1 fully saturated rings. The van der Waals surface area contributed by atoms with Gasteiger partial charge in [0, 0.05) is 42.9 Å². The molecule has 27 heavy (non-hydrogen) atoms. The number of aromatic nitrogens is 1. The molecule has 1 aromatic heterocycles. The molecule has 2 heterocycles. The Morgan fingerprint density at radius 3 is 2.59 bits per heavy atom. The maximum atomic E-state index is 12.5. The number of rotatable bonds is 5. The van der Waals surface area contributed by atoms with Crippen LogP contribution in [0, 0.1) is 19.8 Å². The molecule has 1 saturated heterocycles. The molecule has 142 valence electrons. The summed E-state index contributed by atoms with van der Waals surface area (Å²) in [6.07, 6.45) is 3.23. The molecule has 1 aromatic carbocycles. The first-order valence-electron chi connectivity index (χ1n) is 9.29. The van der Waals surface area contributed by atoms with Crippen molar-refractivity contribution < 1.29 is 9.59 Å². The summed E-state index contributed by atoms with van der Waals surface area (Å²) in [7, 11) is 0. The van der Waals surface area contributed by atoms with E-state index in [2.05, 4.69) is 15.2 Å². The number of anilines is 1. The second-order valence-electron chi connectivity index (χ2n) is 7.13. The molecular weight excluding hydrogens is 340 g/mol. The molecule has 0 aliphatic carbocycles. The van der Waals surface area contributed by atoms with Gasteiger partial charge in [0.2, 0.25) is 5.91 Å². The number of carbonyl (C=O) groups is 2. The molecule has 3 N–H and O–H groups in total. The van der Waals surface area contributed by atoms with Crippen LogP contribution in [-0.4, -0.2) is 29.9 Å². The van der Waals surface area contributed by atoms with Gasteiger partial charge in [0.05, 0.1) is 0 Å². The maximum absolute atomic E-state index is 12.5. The van der Waals surface area contributed by atoms with Crippen LogP contribution < -0.4 is 16.0 Å². The zero-order valence-electron chi connectivity index (χ0n) is 15.9. The van der Waals surface area contributed by atoms with E-state index in [1.807, 2.05) is 44.2 Å². The Balaban J connectivity index is 1.67. The van der Waals surface area contributed by atoms with Crippen molar-refractivity contribution in [3.8, 4) is 0 Å². The topological polar surface area (TPSA) is 88.3 Å². The molecule has 1 aliphatic rings. The van der Waals surface area contributed by atoms with Crippen molar-refractivity contribution >= 4 is 17.6 Å². The number of pyridine rings is 1. The number of primary amides is 1. The lowest BCUT2D eigenvalue weighted by Gasteiger charge is -2.32. The molecule has 0 radical (unpaired) electrons. The SMILES string of the molecule is Cc1ccc(C(=O)NCc2cccnc2N2CCC(C(N)=O)CC2)cc1C. The smallest absolute Gasteiger partial charge is 0.251 e. The molecule has 0 atom stereocenters. The van der Waals surface area contributed by atoms with Gasteiger partial charge in [-0.1, -0.05) is 12.1 Å². The third kappa shape index (κ3) is 4.45. The van der Waals surface area contributed by atoms with Crippen molar-refractivity contribution in [3.63, 3.8) is 0 Å². The summed E-state index contributed by atoms with van der Waals surface area (Å²) in [4.78, 5) is 30.5. The monoisotopic (exact) mass is 366 g/mol. The van der Waals surface area contributed by atoms with Gasteiger partial charge in [0.25, 0.3) is 5.91 Å². The van der Waals surface area contributed by atoms with E-state index >= 15 is 0 Å². The second kappa shape index (κ2) is 8.20. The molecule has 0 bridgehead atoms. The summed E-state index contributed by atoms with van der Waals surface area (Å²) in [5.41, 5.74) is 9.31. The highest BCUT2D eigenvalue weighted by Crippen LogP contribution is 2.24. The van der Waals surface area contributed by atoms with Gasteiger partial charge in [-0.3, -0.25) is 9.59 Å². The van der Waals surface area contributed by atoms with Crippen LogP contribution in [0.2, 0.25) is 0 Å². The van der Waals surface area contributed by atoms with Gasteiger partial charge in [-0.15, -0.1) is 0 Å². The van der Waals surface area contributed by atoms with E-state index in [0.29, 0.717) is 12.1 Å². The summed E-state index contributed by atoms with van der Waals surface area (Å²) in [6, 6.07) is 9.56. The van der Waals surface area contributed by atoms with Gasteiger partial charge in [-0.25, -0.2) is 4.98 Å². The molecule has 6 heteroatoms. The number of nitrogens with one attached hydrogen (secondary N) is 1. The fraction of sp³-hybridized carbons (Fsp3) is 0.381. The number of piperidine rings is 1. The van der Waals surface area contributed by atoms with E-state index in [1.165, 1.54) is 5.56 Å². The average molecular weight is 366 g/mol. The molecule has 0 unspecified atom stereocenters. The molecule has 2 amide bonds. The van der Waals surface area contributed by atoms with Crippen LogP contribution in [0.25, 0.3) is 0 Å². The van der Waals surface area contributed by atoms with E-state index < -0.39 is 0 Å². The van der Waals surface area contributed by atoms with Crippen LogP contribution in [-0.2, 0) is 11.3 Å². The Labute approximate surface area is 159 Å². The van der Waals surface area contributed by atoms with Crippen LogP contribution in [0.5, 0.6) is 0 Å². The number of hydrogen-bond acceptors (Lipinski definition) is 4. The van der Waals surface area contributed by atoms with Gasteiger partial charge < -0.3 is 16.0 Å². The Kier molecular flexibility index (Phi) is 5.74. The number of nitrogens with two attached hydrogens (primary N) is 1. The largest absolute Gasteiger partial charge is 0.369 e. The predicted octanol–water partition coefficient (Wildman–Crippen LogP) is 2.33. The lowest BCUT2D eigenvalue weighted by Crippen LogP contribution is -2.39. The molecule has 1 aliphatic heterocycles. The first kappa shape index (κ1) is 18.9. The Morgan fingerprint density at radius 2 is 1.93 bits per heavy atom. The van der Waals surface area contributed by atoms with Gasteiger partial charge >= 0.3 is 0 Å². The molecular formula is C21H26N4O2. The number of benzene rings is 1. The van der Waals surface area contributed by atoms with E-state index in [0.717, 1.165) is 42.9 Å². The lowest BCUT2D eigenvalue weighted by molar-refractivity contribution is -0.122. The van der Waals surface area contributed by atoms with Crippen molar-refractivity contribution in [2.45, 2.75) is 33.2 Å². The zero-order valence-corrected chi connectivity index (χ0v) is 15.9. The van der Waals surface area contributed by atoms with Crippen LogP contribution in [0.3, 0.4) is 0 Å². The Hall–Kier alpha value is -2.89. The van der Waals surface area contributed by atoms with Crippen molar-refractivity contribution in [1.29, 1.82) is 0 Å². The van der Waals surface area contributed by atoms with Gasteiger partial charge in [-0.05, 0) is 56.0 Å². The van der Waals surface area contributed by atoms with Gasteiger partial charge in [-0.2, -0.15) is 0 Å². The van der Waals surface area contributed by atoms with Crippen LogP contribution in [0.1, 0.15) is 39.9 Å². The van der Waals surface area contributed by atoms with E-state index in [-0.39, 0.29) is 17.7 Å². The highest BCUT2D eigenvalue weighted by Gasteiger charge is 2.25. The fourth-order valence-corrected chi connectivity index (χ4v) is 3.39. The van der Waals surface area contributed by atoms with Crippen LogP contribution >= 0.6 is 0 Å². The number of carbonyl (C=O) groups excluding carboxylic acids is 2. The van der Waals surface area contributed by atoms with E-state index in [1.54, 1.807) is 6.20 Å². The normalized spacial score (nSPS) is 14.8. The van der Waals surface area contributed by atoms with Crippen LogP contribution in [0.4, 0.5) is 5.82 Å². The second-order valence-corrected chi connectivity index (χ2v) is 7.13. The number of hydrogen-bond donors (Lipinski definition) is 2. The van der Waals surface area contributed by atoms with Crippen molar-refractivity contribution in [2.75, 3.05) is 18.0 Å². The highest BCUT2D eigenvalue weighted by molar-refractivity contribution is 5.94. The highest BCUT2D eigenvalue weighted by atomic mass is 16.2. The fourth-order valence-electron chi connectivity index (χ4n) is 3.39. The van der Waals surface area contributed by atoms with Gasteiger partial charge in [0.1, 0.15) is 5.82 Å². The van der Waals surface area contributed by atoms with Crippen molar-refractivity contribution in [3.05, 3.63) is 58.8 Å². The minimum Gasteiger partial charge on any atom is -0.369 e. The first-order chi connectivity index (χ1) is 13.0. The number of amides is 2. The third-order valence-corrected chi connectivity index (χ3v) is 5.27. The Morgan fingerprint density at radius 1 is 1.19 bits per heavy atom. The first-order valence-corrected chi connectivity index (χ1v) is 9.29. The molecule has 6 nitrogen and oxygen atoms in total. The maximum Gasteiger partial charge on any atom is 0.251 e. The van der Waals surface area contributed by atoms with Crippen molar-refractivity contribution in [2.24, 2.45) is 11.7 Å².